The number of carbonyl (C=O) groups excluding carboxylic acids is 1. The Morgan fingerprint density at radius 2 is 2.06 bits per heavy atom. The minimum atomic E-state index is -0.565. The molecule has 92 valence electrons. The van der Waals surface area contributed by atoms with Crippen LogP contribution in [0.3, 0.4) is 0 Å². The van der Waals surface area contributed by atoms with Gasteiger partial charge in [0.2, 0.25) is 0 Å². The van der Waals surface area contributed by atoms with E-state index in [-0.39, 0.29) is 5.69 Å². The summed E-state index contributed by atoms with van der Waals surface area (Å²) in [5.41, 5.74) is 12.4. The van der Waals surface area contributed by atoms with Gasteiger partial charge in [-0.2, -0.15) is 5.10 Å². The average Bonchev–Trinajstić information content (AvgIpc) is 2.78. The van der Waals surface area contributed by atoms with Gasteiger partial charge in [-0.05, 0) is 40.2 Å². The van der Waals surface area contributed by atoms with Crippen molar-refractivity contribution in [2.24, 2.45) is 11.5 Å². The van der Waals surface area contributed by atoms with Crippen molar-refractivity contribution in [3.05, 3.63) is 46.2 Å². The standard InChI is InChI=1S/C11H9BrN4OS/c12-7-5-6(11(14)18)1-2-9(7)16-4-3-8(15-16)10(13)17/h1-5H,(H2,13,17)(H2,14,18). The van der Waals surface area contributed by atoms with E-state index in [2.05, 4.69) is 21.0 Å². The molecule has 0 saturated heterocycles. The molecule has 0 spiro atoms. The second-order valence-corrected chi connectivity index (χ2v) is 4.83. The number of halogens is 1. The molecule has 18 heavy (non-hydrogen) atoms. The zero-order valence-corrected chi connectivity index (χ0v) is 11.5. The highest BCUT2D eigenvalue weighted by Gasteiger charge is 2.09. The van der Waals surface area contributed by atoms with Crippen molar-refractivity contribution in [3.8, 4) is 5.69 Å². The lowest BCUT2D eigenvalue weighted by molar-refractivity contribution is 0.0995. The molecule has 4 N–H and O–H groups in total. The smallest absolute Gasteiger partial charge is 0.269 e. The van der Waals surface area contributed by atoms with E-state index in [0.29, 0.717) is 4.99 Å². The van der Waals surface area contributed by atoms with Crippen molar-refractivity contribution in [1.82, 2.24) is 9.78 Å². The number of primary amides is 1. The lowest BCUT2D eigenvalue weighted by Crippen LogP contribution is -2.12. The fraction of sp³-hybridized carbons (Fsp3) is 0. The van der Waals surface area contributed by atoms with E-state index >= 15 is 0 Å². The molecule has 0 fully saturated rings. The van der Waals surface area contributed by atoms with Crippen LogP contribution in [0.15, 0.2) is 34.9 Å². The predicted molar refractivity (Wildman–Crippen MR) is 75.7 cm³/mol. The third-order valence-corrected chi connectivity index (χ3v) is 3.19. The average molecular weight is 325 g/mol. The second-order valence-electron chi connectivity index (χ2n) is 3.54. The number of hydrogen-bond donors (Lipinski definition) is 2. The largest absolute Gasteiger partial charge is 0.389 e. The normalized spacial score (nSPS) is 10.3. The number of nitrogens with zero attached hydrogens (tertiary/aromatic N) is 2. The fourth-order valence-electron chi connectivity index (χ4n) is 1.44. The van der Waals surface area contributed by atoms with Crippen LogP contribution < -0.4 is 11.5 Å². The van der Waals surface area contributed by atoms with E-state index in [1.807, 2.05) is 0 Å². The van der Waals surface area contributed by atoms with Gasteiger partial charge in [-0.3, -0.25) is 4.79 Å². The van der Waals surface area contributed by atoms with E-state index in [0.717, 1.165) is 15.7 Å². The summed E-state index contributed by atoms with van der Waals surface area (Å²) in [6.45, 7) is 0. The highest BCUT2D eigenvalue weighted by Crippen LogP contribution is 2.22. The molecule has 2 rings (SSSR count). The van der Waals surface area contributed by atoms with Gasteiger partial charge in [-0.1, -0.05) is 12.2 Å². The first kappa shape index (κ1) is 12.7. The molecular weight excluding hydrogens is 316 g/mol. The molecule has 1 heterocycles. The summed E-state index contributed by atoms with van der Waals surface area (Å²) in [5.74, 6) is -0.565. The molecule has 0 atom stereocenters. The SMILES string of the molecule is NC(=O)c1ccn(-c2ccc(C(N)=S)cc2Br)n1. The number of nitrogens with two attached hydrogens (primary N) is 2. The maximum absolute atomic E-state index is 11.0. The molecule has 2 aromatic rings. The van der Waals surface area contributed by atoms with Gasteiger partial charge in [0.25, 0.3) is 5.91 Å². The number of aromatic nitrogens is 2. The Hall–Kier alpha value is -1.73. The van der Waals surface area contributed by atoms with Crippen molar-refractivity contribution < 1.29 is 4.79 Å². The summed E-state index contributed by atoms with van der Waals surface area (Å²) in [6.07, 6.45) is 1.65. The summed E-state index contributed by atoms with van der Waals surface area (Å²) in [4.78, 5) is 11.3. The monoisotopic (exact) mass is 324 g/mol. The van der Waals surface area contributed by atoms with Crippen molar-refractivity contribution in [3.63, 3.8) is 0 Å². The van der Waals surface area contributed by atoms with Gasteiger partial charge < -0.3 is 11.5 Å². The van der Waals surface area contributed by atoms with Crippen LogP contribution in [0.4, 0.5) is 0 Å². The van der Waals surface area contributed by atoms with Gasteiger partial charge >= 0.3 is 0 Å². The van der Waals surface area contributed by atoms with Crippen molar-refractivity contribution in [2.75, 3.05) is 0 Å². The van der Waals surface area contributed by atoms with Gasteiger partial charge in [0.05, 0.1) is 5.69 Å². The fourth-order valence-corrected chi connectivity index (χ4v) is 2.12. The van der Waals surface area contributed by atoms with Crippen LogP contribution in [0, 0.1) is 0 Å². The first-order chi connectivity index (χ1) is 8.49. The number of hydrogen-bond acceptors (Lipinski definition) is 3. The number of amides is 1. The zero-order valence-electron chi connectivity index (χ0n) is 9.13. The van der Waals surface area contributed by atoms with Crippen LogP contribution >= 0.6 is 28.1 Å². The van der Waals surface area contributed by atoms with Gasteiger partial charge in [0.1, 0.15) is 10.7 Å². The summed E-state index contributed by atoms with van der Waals surface area (Å²) in [5, 5.41) is 4.06. The van der Waals surface area contributed by atoms with Crippen LogP contribution in [0.2, 0.25) is 0 Å². The molecule has 0 radical (unpaired) electrons. The van der Waals surface area contributed by atoms with E-state index in [9.17, 15) is 4.79 Å². The number of thiocarbonyl (C=S) groups is 1. The highest BCUT2D eigenvalue weighted by molar-refractivity contribution is 9.10. The van der Waals surface area contributed by atoms with Gasteiger partial charge in [-0.15, -0.1) is 0 Å². The van der Waals surface area contributed by atoms with E-state index in [1.165, 1.54) is 0 Å². The van der Waals surface area contributed by atoms with Gasteiger partial charge in [0.15, 0.2) is 0 Å². The molecule has 0 bridgehead atoms. The van der Waals surface area contributed by atoms with E-state index in [1.54, 1.807) is 35.1 Å². The minimum absolute atomic E-state index is 0.209. The number of carbonyl (C=O) groups is 1. The maximum Gasteiger partial charge on any atom is 0.269 e. The molecule has 1 aromatic carbocycles. The molecular formula is C11H9BrN4OS. The van der Waals surface area contributed by atoms with Crippen LogP contribution in [0.25, 0.3) is 5.69 Å². The van der Waals surface area contributed by atoms with Gasteiger partial charge in [-0.25, -0.2) is 4.68 Å². The summed E-state index contributed by atoms with van der Waals surface area (Å²) >= 11 is 8.30. The van der Waals surface area contributed by atoms with Crippen LogP contribution in [0.5, 0.6) is 0 Å². The van der Waals surface area contributed by atoms with Crippen molar-refractivity contribution in [2.45, 2.75) is 0 Å². The minimum Gasteiger partial charge on any atom is -0.389 e. The first-order valence-electron chi connectivity index (χ1n) is 4.94. The number of rotatable bonds is 3. The molecule has 1 amide bonds. The van der Waals surface area contributed by atoms with Crippen LogP contribution in [-0.2, 0) is 0 Å². The lowest BCUT2D eigenvalue weighted by atomic mass is 10.2. The zero-order chi connectivity index (χ0) is 13.3. The molecule has 7 heteroatoms. The Balaban J connectivity index is 2.44. The Labute approximate surface area is 117 Å². The third kappa shape index (κ3) is 2.41. The van der Waals surface area contributed by atoms with Crippen molar-refractivity contribution in [1.29, 1.82) is 0 Å². The van der Waals surface area contributed by atoms with E-state index in [4.69, 9.17) is 23.7 Å². The Morgan fingerprint density at radius 3 is 2.56 bits per heavy atom. The van der Waals surface area contributed by atoms with Crippen LogP contribution in [0.1, 0.15) is 16.1 Å². The van der Waals surface area contributed by atoms with Crippen molar-refractivity contribution >= 4 is 39.0 Å². The third-order valence-electron chi connectivity index (χ3n) is 2.32. The molecule has 5 nitrogen and oxygen atoms in total. The molecule has 0 saturated carbocycles. The molecule has 1 aromatic heterocycles. The van der Waals surface area contributed by atoms with Gasteiger partial charge in [0, 0.05) is 16.2 Å². The molecule has 0 unspecified atom stereocenters. The number of benzene rings is 1. The summed E-state index contributed by atoms with van der Waals surface area (Å²) in [6, 6.07) is 6.93. The first-order valence-corrected chi connectivity index (χ1v) is 6.14. The predicted octanol–water partition coefficient (Wildman–Crippen LogP) is 1.37. The second kappa shape index (κ2) is 4.87. The topological polar surface area (TPSA) is 86.9 Å². The molecule has 0 aliphatic carbocycles. The maximum atomic E-state index is 11.0. The molecule has 0 aliphatic heterocycles. The summed E-state index contributed by atoms with van der Waals surface area (Å²) < 4.78 is 2.32. The van der Waals surface area contributed by atoms with Crippen LogP contribution in [-0.4, -0.2) is 20.7 Å². The lowest BCUT2D eigenvalue weighted by Gasteiger charge is -2.06. The Bertz CT molecular complexity index is 638. The Kier molecular flexibility index (Phi) is 3.44. The van der Waals surface area contributed by atoms with E-state index < -0.39 is 5.91 Å². The summed E-state index contributed by atoms with van der Waals surface area (Å²) in [7, 11) is 0. The molecule has 0 aliphatic rings. The quantitative estimate of drug-likeness (QED) is 0.835. The Morgan fingerprint density at radius 1 is 1.33 bits per heavy atom. The highest BCUT2D eigenvalue weighted by atomic mass is 79.9.